The molecule has 0 amide bonds. The molecule has 0 bridgehead atoms. The van der Waals surface area contributed by atoms with Crippen LogP contribution in [0.5, 0.6) is 0 Å². The largest absolute Gasteiger partial charge is 0.299 e. The Morgan fingerprint density at radius 1 is 1.54 bits per heavy atom. The van der Waals surface area contributed by atoms with E-state index in [-0.39, 0.29) is 5.92 Å². The molecule has 0 unspecified atom stereocenters. The second-order valence-corrected chi connectivity index (χ2v) is 6.56. The Kier molecular flexibility index (Phi) is 2.06. The van der Waals surface area contributed by atoms with Crippen LogP contribution in [0.15, 0.2) is 11.6 Å². The molecule has 0 N–H and O–H groups in total. The van der Waals surface area contributed by atoms with Crippen molar-refractivity contribution in [3.63, 3.8) is 0 Å². The zero-order chi connectivity index (χ0) is 9.64. The lowest BCUT2D eigenvalue weighted by Crippen LogP contribution is -2.26. The molecule has 2 rings (SSSR count). The molecular formula is C11H16OS. The first kappa shape index (κ1) is 9.32. The Labute approximate surface area is 84.0 Å². The molecule has 0 aromatic rings. The SMILES string of the molecule is C[C@H]1C(=O)CC=C2CC(C)(C)S[C@@H]21. The number of Topliss-reactive ketones (excluding diaryl/α,β-unsaturated/α-hetero) is 1. The zero-order valence-corrected chi connectivity index (χ0v) is 9.28. The molecule has 2 heteroatoms. The molecule has 1 aliphatic carbocycles. The third-order valence-corrected chi connectivity index (χ3v) is 4.72. The van der Waals surface area contributed by atoms with Crippen molar-refractivity contribution in [2.75, 3.05) is 0 Å². The van der Waals surface area contributed by atoms with Gasteiger partial charge in [0.2, 0.25) is 0 Å². The first-order chi connectivity index (χ1) is 5.99. The van der Waals surface area contributed by atoms with Crippen molar-refractivity contribution in [2.24, 2.45) is 5.92 Å². The molecule has 2 atom stereocenters. The van der Waals surface area contributed by atoms with Gasteiger partial charge in [-0.3, -0.25) is 4.79 Å². The molecule has 0 radical (unpaired) electrons. The van der Waals surface area contributed by atoms with Crippen LogP contribution in [0, 0.1) is 5.92 Å². The summed E-state index contributed by atoms with van der Waals surface area (Å²) < 4.78 is 0.343. The number of carbonyl (C=O) groups excluding carboxylic acids is 1. The van der Waals surface area contributed by atoms with Gasteiger partial charge in [-0.15, -0.1) is 11.8 Å². The second kappa shape index (κ2) is 2.88. The number of hydrogen-bond acceptors (Lipinski definition) is 2. The van der Waals surface area contributed by atoms with Crippen molar-refractivity contribution >= 4 is 17.5 Å². The lowest BCUT2D eigenvalue weighted by atomic mass is 9.85. The molecular weight excluding hydrogens is 180 g/mol. The summed E-state index contributed by atoms with van der Waals surface area (Å²) in [6.07, 6.45) is 4.00. The lowest BCUT2D eigenvalue weighted by molar-refractivity contribution is -0.121. The van der Waals surface area contributed by atoms with Crippen LogP contribution in [-0.2, 0) is 4.79 Å². The van der Waals surface area contributed by atoms with Gasteiger partial charge in [0, 0.05) is 22.3 Å². The van der Waals surface area contributed by atoms with Crippen LogP contribution in [0.4, 0.5) is 0 Å². The van der Waals surface area contributed by atoms with Crippen LogP contribution in [0.3, 0.4) is 0 Å². The average Bonchev–Trinajstić information content (AvgIpc) is 2.34. The van der Waals surface area contributed by atoms with E-state index in [1.54, 1.807) is 0 Å². The number of fused-ring (bicyclic) bond motifs is 1. The molecule has 72 valence electrons. The minimum absolute atomic E-state index is 0.242. The van der Waals surface area contributed by atoms with Gasteiger partial charge in [0.05, 0.1) is 0 Å². The number of carbonyl (C=O) groups is 1. The van der Waals surface area contributed by atoms with E-state index in [2.05, 4.69) is 26.8 Å². The van der Waals surface area contributed by atoms with E-state index in [1.807, 2.05) is 11.8 Å². The summed E-state index contributed by atoms with van der Waals surface area (Å²) in [4.78, 5) is 11.5. The normalized spacial score (nSPS) is 37.2. The molecule has 2 aliphatic rings. The predicted octanol–water partition coefficient (Wildman–Crippen LogP) is 2.81. The monoisotopic (exact) mass is 196 g/mol. The highest BCUT2D eigenvalue weighted by molar-refractivity contribution is 8.01. The van der Waals surface area contributed by atoms with E-state index in [4.69, 9.17) is 0 Å². The van der Waals surface area contributed by atoms with E-state index in [1.165, 1.54) is 12.0 Å². The highest BCUT2D eigenvalue weighted by atomic mass is 32.2. The quantitative estimate of drug-likeness (QED) is 0.554. The number of allylic oxidation sites excluding steroid dienone is 1. The fourth-order valence-corrected chi connectivity index (χ4v) is 3.88. The van der Waals surface area contributed by atoms with Crippen molar-refractivity contribution in [1.82, 2.24) is 0 Å². The molecule has 0 aromatic heterocycles. The van der Waals surface area contributed by atoms with Gasteiger partial charge < -0.3 is 0 Å². The van der Waals surface area contributed by atoms with Gasteiger partial charge in [0.15, 0.2) is 0 Å². The smallest absolute Gasteiger partial charge is 0.140 e. The van der Waals surface area contributed by atoms with Crippen LogP contribution in [-0.4, -0.2) is 15.8 Å². The number of hydrogen-bond donors (Lipinski definition) is 0. The van der Waals surface area contributed by atoms with Crippen LogP contribution < -0.4 is 0 Å². The second-order valence-electron chi connectivity index (χ2n) is 4.71. The standard InChI is InChI=1S/C11H16OS/c1-7-9(12)5-4-8-6-11(2,3)13-10(7)8/h4,7,10H,5-6H2,1-3H3/t7-,10+/m0/s1. The minimum Gasteiger partial charge on any atom is -0.299 e. The van der Waals surface area contributed by atoms with E-state index in [9.17, 15) is 4.79 Å². The summed E-state index contributed by atoms with van der Waals surface area (Å²) >= 11 is 1.97. The molecule has 0 saturated carbocycles. The van der Waals surface area contributed by atoms with E-state index >= 15 is 0 Å². The summed E-state index contributed by atoms with van der Waals surface area (Å²) in [5.41, 5.74) is 1.52. The third-order valence-electron chi connectivity index (χ3n) is 2.97. The van der Waals surface area contributed by atoms with Crippen LogP contribution >= 0.6 is 11.8 Å². The van der Waals surface area contributed by atoms with Gasteiger partial charge in [0.25, 0.3) is 0 Å². The summed E-state index contributed by atoms with van der Waals surface area (Å²) in [6, 6.07) is 0. The average molecular weight is 196 g/mol. The summed E-state index contributed by atoms with van der Waals surface area (Å²) in [6.45, 7) is 6.62. The maximum atomic E-state index is 11.5. The summed E-state index contributed by atoms with van der Waals surface area (Å²) in [5, 5.41) is 0.483. The van der Waals surface area contributed by atoms with Crippen molar-refractivity contribution in [1.29, 1.82) is 0 Å². The van der Waals surface area contributed by atoms with Gasteiger partial charge in [-0.2, -0.15) is 0 Å². The summed E-state index contributed by atoms with van der Waals surface area (Å²) in [5.74, 6) is 0.658. The molecule has 1 heterocycles. The Bertz CT molecular complexity index is 278. The van der Waals surface area contributed by atoms with Gasteiger partial charge in [0.1, 0.15) is 5.78 Å². The van der Waals surface area contributed by atoms with Gasteiger partial charge >= 0.3 is 0 Å². The molecule has 1 nitrogen and oxygen atoms in total. The molecule has 1 saturated heterocycles. The fourth-order valence-electron chi connectivity index (χ4n) is 2.25. The highest BCUT2D eigenvalue weighted by Gasteiger charge is 2.42. The van der Waals surface area contributed by atoms with Gasteiger partial charge in [-0.25, -0.2) is 0 Å². The van der Waals surface area contributed by atoms with Crippen LogP contribution in [0.25, 0.3) is 0 Å². The molecule has 0 spiro atoms. The van der Waals surface area contributed by atoms with Crippen LogP contribution in [0.1, 0.15) is 33.6 Å². The first-order valence-electron chi connectivity index (χ1n) is 4.89. The predicted molar refractivity (Wildman–Crippen MR) is 56.9 cm³/mol. The molecule has 1 fully saturated rings. The lowest BCUT2D eigenvalue weighted by Gasteiger charge is -2.23. The van der Waals surface area contributed by atoms with E-state index in [0.29, 0.717) is 22.2 Å². The Hall–Kier alpha value is -0.240. The Morgan fingerprint density at radius 2 is 2.23 bits per heavy atom. The van der Waals surface area contributed by atoms with Crippen molar-refractivity contribution in [2.45, 2.75) is 43.6 Å². The Balaban J connectivity index is 2.27. The van der Waals surface area contributed by atoms with Gasteiger partial charge in [-0.1, -0.05) is 32.4 Å². The number of ketones is 1. The third kappa shape index (κ3) is 1.56. The number of thioether (sulfide) groups is 1. The van der Waals surface area contributed by atoms with Gasteiger partial charge in [-0.05, 0) is 6.42 Å². The zero-order valence-electron chi connectivity index (χ0n) is 8.46. The van der Waals surface area contributed by atoms with E-state index in [0.717, 1.165) is 0 Å². The maximum absolute atomic E-state index is 11.5. The fraction of sp³-hybridized carbons (Fsp3) is 0.727. The molecule has 1 aliphatic heterocycles. The maximum Gasteiger partial charge on any atom is 0.140 e. The summed E-state index contributed by atoms with van der Waals surface area (Å²) in [7, 11) is 0. The van der Waals surface area contributed by atoms with Crippen molar-refractivity contribution in [3.8, 4) is 0 Å². The van der Waals surface area contributed by atoms with Crippen LogP contribution in [0.2, 0.25) is 0 Å². The Morgan fingerprint density at radius 3 is 2.92 bits per heavy atom. The molecule has 0 aromatic carbocycles. The molecule has 13 heavy (non-hydrogen) atoms. The number of rotatable bonds is 0. The van der Waals surface area contributed by atoms with Crippen molar-refractivity contribution < 1.29 is 4.79 Å². The van der Waals surface area contributed by atoms with E-state index < -0.39 is 0 Å². The topological polar surface area (TPSA) is 17.1 Å². The van der Waals surface area contributed by atoms with Crippen molar-refractivity contribution in [3.05, 3.63) is 11.6 Å². The minimum atomic E-state index is 0.242. The highest BCUT2D eigenvalue weighted by Crippen LogP contribution is 2.50. The first-order valence-corrected chi connectivity index (χ1v) is 5.77.